The van der Waals surface area contributed by atoms with Gasteiger partial charge in [-0.3, -0.25) is 0 Å². The summed E-state index contributed by atoms with van der Waals surface area (Å²) >= 11 is 0. The minimum atomic E-state index is -0.392. The Morgan fingerprint density at radius 3 is 2.63 bits per heavy atom. The molecule has 100 valence electrons. The molecule has 3 rings (SSSR count). The van der Waals surface area contributed by atoms with E-state index in [9.17, 15) is 5.11 Å². The molecule has 1 heterocycles. The lowest BCUT2D eigenvalue weighted by atomic mass is 9.75. The van der Waals surface area contributed by atoms with Gasteiger partial charge in [0.2, 0.25) is 0 Å². The fourth-order valence-corrected chi connectivity index (χ4v) is 3.12. The van der Waals surface area contributed by atoms with Crippen LogP contribution in [0, 0.1) is 12.3 Å². The number of aliphatic hydroxyl groups excluding tert-OH is 1. The van der Waals surface area contributed by atoms with E-state index in [2.05, 4.69) is 31.1 Å². The average Bonchev–Trinajstić information content (AvgIpc) is 2.66. The molecule has 2 aromatic rings. The van der Waals surface area contributed by atoms with Gasteiger partial charge >= 0.3 is 0 Å². The molecule has 1 N–H and O–H groups in total. The monoisotopic (exact) mass is 256 g/mol. The van der Waals surface area contributed by atoms with Crippen LogP contribution >= 0.6 is 0 Å². The van der Waals surface area contributed by atoms with Gasteiger partial charge in [-0.15, -0.1) is 0 Å². The summed E-state index contributed by atoms with van der Waals surface area (Å²) in [6.07, 6.45) is 1.37. The molecule has 0 aliphatic heterocycles. The summed E-state index contributed by atoms with van der Waals surface area (Å²) in [7, 11) is 0. The van der Waals surface area contributed by atoms with Crippen molar-refractivity contribution in [2.45, 2.75) is 39.7 Å². The predicted octanol–water partition coefficient (Wildman–Crippen LogP) is 3.19. The molecule has 0 spiro atoms. The first-order valence-corrected chi connectivity index (χ1v) is 6.80. The molecule has 0 fully saturated rings. The second-order valence-corrected chi connectivity index (χ2v) is 6.25. The zero-order chi connectivity index (χ0) is 13.6. The molecular formula is C16H20N2O. The molecule has 0 radical (unpaired) electrons. The highest BCUT2D eigenvalue weighted by Crippen LogP contribution is 2.42. The largest absolute Gasteiger partial charge is 0.388 e. The predicted molar refractivity (Wildman–Crippen MR) is 75.4 cm³/mol. The number of hydrogen-bond acceptors (Lipinski definition) is 2. The van der Waals surface area contributed by atoms with E-state index < -0.39 is 6.10 Å². The Hall–Kier alpha value is -1.61. The van der Waals surface area contributed by atoms with Crippen molar-refractivity contribution in [2.24, 2.45) is 5.41 Å². The van der Waals surface area contributed by atoms with E-state index in [1.165, 1.54) is 0 Å². The molecule has 19 heavy (non-hydrogen) atoms. The van der Waals surface area contributed by atoms with Crippen molar-refractivity contribution >= 4 is 0 Å². The Kier molecular flexibility index (Phi) is 2.75. The molecule has 1 atom stereocenters. The highest BCUT2D eigenvalue weighted by atomic mass is 16.3. The number of aromatic nitrogens is 2. The second kappa shape index (κ2) is 4.20. The maximum Gasteiger partial charge on any atom is 0.0831 e. The fraction of sp³-hybridized carbons (Fsp3) is 0.438. The van der Waals surface area contributed by atoms with Crippen molar-refractivity contribution in [3.8, 4) is 5.69 Å². The summed E-state index contributed by atoms with van der Waals surface area (Å²) in [5.74, 6) is 0. The van der Waals surface area contributed by atoms with Crippen LogP contribution in [0.4, 0.5) is 0 Å². The Morgan fingerprint density at radius 1 is 1.26 bits per heavy atom. The van der Waals surface area contributed by atoms with Gasteiger partial charge < -0.3 is 5.11 Å². The van der Waals surface area contributed by atoms with E-state index in [1.54, 1.807) is 0 Å². The van der Waals surface area contributed by atoms with Gasteiger partial charge in [-0.1, -0.05) is 32.0 Å². The number of aryl methyl sites for hydroxylation is 1. The standard InChI is InChI=1S/C16H20N2O/c1-11-15-13(9-16(2,3)10-14(15)19)18(17-11)12-7-5-4-6-8-12/h4-8,14,19H,9-10H2,1-3H3/t14-/m1/s1. The van der Waals surface area contributed by atoms with E-state index in [0.29, 0.717) is 0 Å². The first-order valence-electron chi connectivity index (χ1n) is 6.80. The number of aliphatic hydroxyl groups is 1. The van der Waals surface area contributed by atoms with Crippen LogP contribution in [0.3, 0.4) is 0 Å². The summed E-state index contributed by atoms with van der Waals surface area (Å²) in [5.41, 5.74) is 4.32. The average molecular weight is 256 g/mol. The van der Waals surface area contributed by atoms with Gasteiger partial charge in [0.15, 0.2) is 0 Å². The van der Waals surface area contributed by atoms with Crippen molar-refractivity contribution in [1.29, 1.82) is 0 Å². The third kappa shape index (κ3) is 2.08. The molecule has 1 aliphatic rings. The maximum absolute atomic E-state index is 10.4. The lowest BCUT2D eigenvalue weighted by molar-refractivity contribution is 0.0982. The second-order valence-electron chi connectivity index (χ2n) is 6.25. The van der Waals surface area contributed by atoms with Crippen molar-refractivity contribution in [3.05, 3.63) is 47.3 Å². The third-order valence-corrected chi connectivity index (χ3v) is 3.93. The summed E-state index contributed by atoms with van der Waals surface area (Å²) in [6.45, 7) is 6.40. The van der Waals surface area contributed by atoms with E-state index in [-0.39, 0.29) is 5.41 Å². The van der Waals surface area contributed by atoms with Crippen LogP contribution in [-0.4, -0.2) is 14.9 Å². The van der Waals surface area contributed by atoms with Crippen LogP contribution in [0.2, 0.25) is 0 Å². The van der Waals surface area contributed by atoms with Crippen LogP contribution in [0.5, 0.6) is 0 Å². The smallest absolute Gasteiger partial charge is 0.0831 e. The first kappa shape index (κ1) is 12.4. The zero-order valence-corrected chi connectivity index (χ0v) is 11.7. The molecule has 0 saturated heterocycles. The highest BCUT2D eigenvalue weighted by molar-refractivity contribution is 5.40. The first-order chi connectivity index (χ1) is 8.98. The van der Waals surface area contributed by atoms with Crippen molar-refractivity contribution in [1.82, 2.24) is 9.78 Å². The zero-order valence-electron chi connectivity index (χ0n) is 11.7. The molecule has 1 aromatic heterocycles. The lowest BCUT2D eigenvalue weighted by Crippen LogP contribution is -2.26. The Labute approximate surface area is 113 Å². The molecule has 1 aliphatic carbocycles. The minimum Gasteiger partial charge on any atom is -0.388 e. The molecule has 0 amide bonds. The fourth-order valence-electron chi connectivity index (χ4n) is 3.12. The summed E-state index contributed by atoms with van der Waals surface area (Å²) in [4.78, 5) is 0. The molecule has 0 unspecified atom stereocenters. The number of benzene rings is 1. The lowest BCUT2D eigenvalue weighted by Gasteiger charge is -2.33. The van der Waals surface area contributed by atoms with Gasteiger partial charge in [0.25, 0.3) is 0 Å². The van der Waals surface area contributed by atoms with Gasteiger partial charge in [0.1, 0.15) is 0 Å². The van der Waals surface area contributed by atoms with E-state index in [0.717, 1.165) is 35.5 Å². The van der Waals surface area contributed by atoms with Crippen LogP contribution in [-0.2, 0) is 6.42 Å². The van der Waals surface area contributed by atoms with Gasteiger partial charge in [-0.25, -0.2) is 4.68 Å². The summed E-state index contributed by atoms with van der Waals surface area (Å²) < 4.78 is 1.99. The van der Waals surface area contributed by atoms with E-state index in [1.807, 2.05) is 29.8 Å². The number of nitrogens with zero attached hydrogens (tertiary/aromatic N) is 2. The van der Waals surface area contributed by atoms with Crippen molar-refractivity contribution in [3.63, 3.8) is 0 Å². The van der Waals surface area contributed by atoms with E-state index >= 15 is 0 Å². The topological polar surface area (TPSA) is 38.0 Å². The molecule has 3 heteroatoms. The van der Waals surface area contributed by atoms with Gasteiger partial charge in [-0.05, 0) is 37.3 Å². The van der Waals surface area contributed by atoms with E-state index in [4.69, 9.17) is 0 Å². The molecule has 3 nitrogen and oxygen atoms in total. The van der Waals surface area contributed by atoms with Gasteiger partial charge in [-0.2, -0.15) is 5.10 Å². The molecular weight excluding hydrogens is 236 g/mol. The molecule has 1 aromatic carbocycles. The van der Waals surface area contributed by atoms with Gasteiger partial charge in [0.05, 0.1) is 23.2 Å². The van der Waals surface area contributed by atoms with Crippen molar-refractivity contribution in [2.75, 3.05) is 0 Å². The number of para-hydroxylation sites is 1. The minimum absolute atomic E-state index is 0.116. The number of hydrogen-bond donors (Lipinski definition) is 1. The highest BCUT2D eigenvalue weighted by Gasteiger charge is 2.35. The van der Waals surface area contributed by atoms with Crippen LogP contribution in [0.15, 0.2) is 30.3 Å². The number of rotatable bonds is 1. The maximum atomic E-state index is 10.4. The Bertz CT molecular complexity index is 599. The normalized spacial score (nSPS) is 21.2. The quantitative estimate of drug-likeness (QED) is 0.851. The summed E-state index contributed by atoms with van der Waals surface area (Å²) in [5, 5.41) is 15.0. The number of fused-ring (bicyclic) bond motifs is 1. The SMILES string of the molecule is Cc1nn(-c2ccccc2)c2c1[C@H](O)CC(C)(C)C2. The van der Waals surface area contributed by atoms with Crippen LogP contribution in [0.25, 0.3) is 5.69 Å². The molecule has 0 saturated carbocycles. The molecule has 0 bridgehead atoms. The third-order valence-electron chi connectivity index (χ3n) is 3.93. The Balaban J connectivity index is 2.17. The summed E-state index contributed by atoms with van der Waals surface area (Å²) in [6, 6.07) is 10.2. The van der Waals surface area contributed by atoms with Crippen molar-refractivity contribution < 1.29 is 5.11 Å². The van der Waals surface area contributed by atoms with Crippen LogP contribution in [0.1, 0.15) is 43.3 Å². The van der Waals surface area contributed by atoms with Crippen LogP contribution < -0.4 is 0 Å². The van der Waals surface area contributed by atoms with Gasteiger partial charge in [0, 0.05) is 5.56 Å². The Morgan fingerprint density at radius 2 is 1.95 bits per heavy atom.